The Morgan fingerprint density at radius 3 is 2.62 bits per heavy atom. The van der Waals surface area contributed by atoms with Crippen LogP contribution in [0.2, 0.25) is 0 Å². The Morgan fingerprint density at radius 2 is 1.81 bits per heavy atom. The van der Waals surface area contributed by atoms with Gasteiger partial charge >= 0.3 is 0 Å². The fourth-order valence-electron chi connectivity index (χ4n) is 2.98. The third-order valence-corrected chi connectivity index (χ3v) is 5.29. The van der Waals surface area contributed by atoms with E-state index in [0.29, 0.717) is 6.54 Å². The van der Waals surface area contributed by atoms with Crippen LogP contribution in [0.25, 0.3) is 0 Å². The maximum Gasteiger partial charge on any atom is 0.123 e. The average Bonchev–Trinajstić information content (AvgIpc) is 2.56. The van der Waals surface area contributed by atoms with Gasteiger partial charge in [0, 0.05) is 22.4 Å². The van der Waals surface area contributed by atoms with Crippen LogP contribution in [-0.2, 0) is 5.41 Å². The predicted octanol–water partition coefficient (Wildman–Crippen LogP) is 3.85. The molecule has 3 heteroatoms. The minimum absolute atomic E-state index is 0.0661. The van der Waals surface area contributed by atoms with Gasteiger partial charge in [0.15, 0.2) is 0 Å². The van der Waals surface area contributed by atoms with Crippen LogP contribution in [-0.4, -0.2) is 18.9 Å². The largest absolute Gasteiger partial charge is 0.493 e. The number of hydrogen-bond donors (Lipinski definition) is 1. The molecule has 110 valence electrons. The summed E-state index contributed by atoms with van der Waals surface area (Å²) in [6.45, 7) is 1.45. The van der Waals surface area contributed by atoms with E-state index in [2.05, 4.69) is 48.5 Å². The van der Waals surface area contributed by atoms with Gasteiger partial charge in [-0.05, 0) is 36.8 Å². The number of benzene rings is 2. The van der Waals surface area contributed by atoms with E-state index in [1.807, 2.05) is 17.8 Å². The standard InChI is InChI=1S/C18H21NOS/c19-14-18(11-13-21-15-6-2-1-3-7-15)10-12-20-17-9-5-4-8-16(17)18/h1-9H,10-14,19H2. The van der Waals surface area contributed by atoms with Crippen molar-refractivity contribution in [1.29, 1.82) is 0 Å². The molecule has 0 fully saturated rings. The van der Waals surface area contributed by atoms with Crippen LogP contribution in [0.15, 0.2) is 59.5 Å². The summed E-state index contributed by atoms with van der Waals surface area (Å²) in [5, 5.41) is 0. The third kappa shape index (κ3) is 3.09. The highest BCUT2D eigenvalue weighted by atomic mass is 32.2. The van der Waals surface area contributed by atoms with Gasteiger partial charge < -0.3 is 10.5 Å². The van der Waals surface area contributed by atoms with Gasteiger partial charge in [-0.25, -0.2) is 0 Å². The molecule has 0 spiro atoms. The molecule has 2 nitrogen and oxygen atoms in total. The van der Waals surface area contributed by atoms with Crippen LogP contribution < -0.4 is 10.5 Å². The molecule has 3 rings (SSSR count). The summed E-state index contributed by atoms with van der Waals surface area (Å²) in [6, 6.07) is 18.9. The molecule has 2 N–H and O–H groups in total. The Morgan fingerprint density at radius 1 is 1.05 bits per heavy atom. The first-order chi connectivity index (χ1) is 10.3. The van der Waals surface area contributed by atoms with Crippen LogP contribution in [0.5, 0.6) is 5.75 Å². The molecule has 1 unspecified atom stereocenters. The minimum Gasteiger partial charge on any atom is -0.493 e. The third-order valence-electron chi connectivity index (χ3n) is 4.28. The molecule has 1 aliphatic heterocycles. The van der Waals surface area contributed by atoms with Gasteiger partial charge in [0.25, 0.3) is 0 Å². The lowest BCUT2D eigenvalue weighted by atomic mass is 9.74. The van der Waals surface area contributed by atoms with E-state index in [1.54, 1.807) is 0 Å². The number of nitrogens with two attached hydrogens (primary N) is 1. The second-order valence-electron chi connectivity index (χ2n) is 5.49. The minimum atomic E-state index is 0.0661. The SMILES string of the molecule is NCC1(CCSc2ccccc2)CCOc2ccccc21. The highest BCUT2D eigenvalue weighted by Gasteiger charge is 2.35. The molecule has 0 saturated heterocycles. The fourth-order valence-corrected chi connectivity index (χ4v) is 4.05. The van der Waals surface area contributed by atoms with Gasteiger partial charge in [-0.15, -0.1) is 11.8 Å². The quantitative estimate of drug-likeness (QED) is 0.852. The van der Waals surface area contributed by atoms with Crippen molar-refractivity contribution in [2.45, 2.75) is 23.2 Å². The molecule has 1 atom stereocenters. The van der Waals surface area contributed by atoms with E-state index < -0.39 is 0 Å². The van der Waals surface area contributed by atoms with Crippen molar-refractivity contribution in [3.8, 4) is 5.75 Å². The summed E-state index contributed by atoms with van der Waals surface area (Å²) >= 11 is 1.91. The molecular formula is C18H21NOS. The number of para-hydroxylation sites is 1. The Kier molecular flexibility index (Phi) is 4.51. The zero-order chi connectivity index (χ0) is 14.5. The van der Waals surface area contributed by atoms with E-state index in [0.717, 1.165) is 31.0 Å². The summed E-state index contributed by atoms with van der Waals surface area (Å²) in [5.74, 6) is 2.09. The van der Waals surface area contributed by atoms with Crippen molar-refractivity contribution in [3.05, 3.63) is 60.2 Å². The van der Waals surface area contributed by atoms with Gasteiger partial charge in [0.2, 0.25) is 0 Å². The molecule has 2 aromatic rings. The van der Waals surface area contributed by atoms with Gasteiger partial charge in [-0.3, -0.25) is 0 Å². The van der Waals surface area contributed by atoms with E-state index >= 15 is 0 Å². The lowest BCUT2D eigenvalue weighted by molar-refractivity contribution is 0.213. The van der Waals surface area contributed by atoms with Crippen molar-refractivity contribution in [1.82, 2.24) is 0 Å². The number of fused-ring (bicyclic) bond motifs is 1. The second kappa shape index (κ2) is 6.54. The fraction of sp³-hybridized carbons (Fsp3) is 0.333. The van der Waals surface area contributed by atoms with Crippen LogP contribution in [0.4, 0.5) is 0 Å². The summed E-state index contributed by atoms with van der Waals surface area (Å²) < 4.78 is 5.78. The van der Waals surface area contributed by atoms with E-state index in [-0.39, 0.29) is 5.41 Å². The molecule has 1 heterocycles. The van der Waals surface area contributed by atoms with Gasteiger partial charge in [0.05, 0.1) is 6.61 Å². The lowest BCUT2D eigenvalue weighted by Crippen LogP contribution is -2.40. The van der Waals surface area contributed by atoms with E-state index in [1.165, 1.54) is 10.5 Å². The maximum atomic E-state index is 6.17. The zero-order valence-electron chi connectivity index (χ0n) is 12.1. The number of hydrogen-bond acceptors (Lipinski definition) is 3. The van der Waals surface area contributed by atoms with Crippen molar-refractivity contribution in [3.63, 3.8) is 0 Å². The Bertz CT molecular complexity index is 587. The van der Waals surface area contributed by atoms with Crippen LogP contribution in [0.3, 0.4) is 0 Å². The van der Waals surface area contributed by atoms with Crippen LogP contribution in [0.1, 0.15) is 18.4 Å². The maximum absolute atomic E-state index is 6.17. The van der Waals surface area contributed by atoms with Gasteiger partial charge in [0.1, 0.15) is 5.75 Å². The van der Waals surface area contributed by atoms with Crippen molar-refractivity contribution in [2.24, 2.45) is 5.73 Å². The molecule has 0 aliphatic carbocycles. The number of rotatable bonds is 5. The molecule has 2 aromatic carbocycles. The molecule has 21 heavy (non-hydrogen) atoms. The molecule has 0 bridgehead atoms. The average molecular weight is 299 g/mol. The molecular weight excluding hydrogens is 278 g/mol. The van der Waals surface area contributed by atoms with Crippen LogP contribution in [0, 0.1) is 0 Å². The second-order valence-corrected chi connectivity index (χ2v) is 6.66. The van der Waals surface area contributed by atoms with Crippen LogP contribution >= 0.6 is 11.8 Å². The van der Waals surface area contributed by atoms with Gasteiger partial charge in [-0.1, -0.05) is 36.4 Å². The first-order valence-corrected chi connectivity index (χ1v) is 8.43. The predicted molar refractivity (Wildman–Crippen MR) is 89.1 cm³/mol. The Labute approximate surface area is 130 Å². The zero-order valence-corrected chi connectivity index (χ0v) is 12.9. The first-order valence-electron chi connectivity index (χ1n) is 7.44. The van der Waals surface area contributed by atoms with Gasteiger partial charge in [-0.2, -0.15) is 0 Å². The molecule has 0 aromatic heterocycles. The van der Waals surface area contributed by atoms with E-state index in [9.17, 15) is 0 Å². The molecule has 1 aliphatic rings. The summed E-state index contributed by atoms with van der Waals surface area (Å²) in [5.41, 5.74) is 7.52. The van der Waals surface area contributed by atoms with Crippen molar-refractivity contribution < 1.29 is 4.74 Å². The normalized spacial score (nSPS) is 20.6. The summed E-state index contributed by atoms with van der Waals surface area (Å²) in [4.78, 5) is 1.32. The number of thioether (sulfide) groups is 1. The van der Waals surface area contributed by atoms with Crippen molar-refractivity contribution >= 4 is 11.8 Å². The topological polar surface area (TPSA) is 35.2 Å². The molecule has 0 amide bonds. The monoisotopic (exact) mass is 299 g/mol. The Hall–Kier alpha value is -1.45. The molecule has 0 saturated carbocycles. The first kappa shape index (κ1) is 14.5. The van der Waals surface area contributed by atoms with E-state index in [4.69, 9.17) is 10.5 Å². The Balaban J connectivity index is 1.73. The lowest BCUT2D eigenvalue weighted by Gasteiger charge is -2.38. The van der Waals surface area contributed by atoms with Crippen molar-refractivity contribution in [2.75, 3.05) is 18.9 Å². The summed E-state index contributed by atoms with van der Waals surface area (Å²) in [7, 11) is 0. The number of ether oxygens (including phenoxy) is 1. The highest BCUT2D eigenvalue weighted by molar-refractivity contribution is 7.99. The summed E-state index contributed by atoms with van der Waals surface area (Å²) in [6.07, 6.45) is 2.10. The smallest absolute Gasteiger partial charge is 0.123 e. The highest BCUT2D eigenvalue weighted by Crippen LogP contribution is 2.41. The molecule has 0 radical (unpaired) electrons.